The molecule has 3 amide bonds. The third-order valence-electron chi connectivity index (χ3n) is 4.48. The molecule has 2 rings (SSSR count). The first kappa shape index (κ1) is 21.8. The second kappa shape index (κ2) is 9.16. The first-order valence-electron chi connectivity index (χ1n) is 8.86. The van der Waals surface area contributed by atoms with E-state index < -0.39 is 40.5 Å². The molecule has 0 atom stereocenters. The van der Waals surface area contributed by atoms with Crippen molar-refractivity contribution in [1.82, 2.24) is 9.62 Å². The zero-order valence-corrected chi connectivity index (χ0v) is 17.0. The van der Waals surface area contributed by atoms with Gasteiger partial charge in [-0.25, -0.2) is 17.5 Å². The van der Waals surface area contributed by atoms with Crippen LogP contribution >= 0.6 is 0 Å². The number of sulfonamides is 1. The molecule has 1 aromatic rings. The van der Waals surface area contributed by atoms with Crippen LogP contribution < -0.4 is 10.6 Å². The fraction of sp³-hybridized carbons (Fsp3) is 0.500. The summed E-state index contributed by atoms with van der Waals surface area (Å²) < 4.78 is 29.2. The van der Waals surface area contributed by atoms with E-state index >= 15 is 0 Å². The fourth-order valence-corrected chi connectivity index (χ4v) is 3.82. The summed E-state index contributed by atoms with van der Waals surface area (Å²) in [7, 11) is -3.27. The van der Waals surface area contributed by atoms with Crippen LogP contribution in [0.15, 0.2) is 18.2 Å². The van der Waals surface area contributed by atoms with Crippen LogP contribution in [0, 0.1) is 19.8 Å². The van der Waals surface area contributed by atoms with Crippen LogP contribution in [0.5, 0.6) is 0 Å². The third kappa shape index (κ3) is 6.31. The van der Waals surface area contributed by atoms with Gasteiger partial charge in [-0.2, -0.15) is 0 Å². The molecular formula is C18H25N3O6S. The number of benzene rings is 1. The minimum Gasteiger partial charge on any atom is -0.455 e. The number of ether oxygens (including phenoxy) is 1. The Bertz CT molecular complexity index is 860. The number of imide groups is 1. The Morgan fingerprint density at radius 2 is 1.82 bits per heavy atom. The number of anilines is 1. The van der Waals surface area contributed by atoms with E-state index in [9.17, 15) is 22.8 Å². The van der Waals surface area contributed by atoms with Gasteiger partial charge in [0, 0.05) is 18.8 Å². The Hall–Kier alpha value is -2.46. The lowest BCUT2D eigenvalue weighted by Gasteiger charge is -2.28. The van der Waals surface area contributed by atoms with Crippen molar-refractivity contribution in [3.05, 3.63) is 29.3 Å². The summed E-state index contributed by atoms with van der Waals surface area (Å²) >= 11 is 0. The van der Waals surface area contributed by atoms with Gasteiger partial charge in [0.05, 0.1) is 12.2 Å². The Morgan fingerprint density at radius 1 is 1.18 bits per heavy atom. The van der Waals surface area contributed by atoms with E-state index in [0.29, 0.717) is 18.5 Å². The van der Waals surface area contributed by atoms with Gasteiger partial charge >= 0.3 is 12.0 Å². The van der Waals surface area contributed by atoms with Crippen LogP contribution in [0.25, 0.3) is 0 Å². The monoisotopic (exact) mass is 411 g/mol. The molecule has 1 aliphatic rings. The van der Waals surface area contributed by atoms with Crippen LogP contribution in [-0.2, 0) is 24.3 Å². The van der Waals surface area contributed by atoms with Crippen molar-refractivity contribution in [2.75, 3.05) is 31.3 Å². The summed E-state index contributed by atoms with van der Waals surface area (Å²) in [6.07, 6.45) is 1.79. The van der Waals surface area contributed by atoms with Crippen LogP contribution in [0.1, 0.15) is 24.0 Å². The zero-order chi connectivity index (χ0) is 20.9. The van der Waals surface area contributed by atoms with Gasteiger partial charge in [-0.1, -0.05) is 17.7 Å². The van der Waals surface area contributed by atoms with Crippen LogP contribution in [0.3, 0.4) is 0 Å². The van der Waals surface area contributed by atoms with E-state index in [0.717, 1.165) is 17.4 Å². The Kier molecular flexibility index (Phi) is 7.14. The molecule has 1 aliphatic heterocycles. The molecule has 1 fully saturated rings. The van der Waals surface area contributed by atoms with Crippen LogP contribution in [-0.4, -0.2) is 56.6 Å². The molecule has 0 aromatic heterocycles. The molecule has 0 aliphatic carbocycles. The van der Waals surface area contributed by atoms with E-state index in [-0.39, 0.29) is 13.1 Å². The molecule has 0 saturated carbocycles. The maximum Gasteiger partial charge on any atom is 0.325 e. The maximum atomic E-state index is 12.0. The van der Waals surface area contributed by atoms with Gasteiger partial charge in [-0.3, -0.25) is 14.9 Å². The molecule has 1 heterocycles. The largest absolute Gasteiger partial charge is 0.455 e. The van der Waals surface area contributed by atoms with Gasteiger partial charge < -0.3 is 10.1 Å². The van der Waals surface area contributed by atoms with Crippen molar-refractivity contribution in [3.63, 3.8) is 0 Å². The van der Waals surface area contributed by atoms with Gasteiger partial charge in [-0.05, 0) is 38.3 Å². The van der Waals surface area contributed by atoms with Gasteiger partial charge in [0.25, 0.3) is 5.91 Å². The van der Waals surface area contributed by atoms with Crippen molar-refractivity contribution in [3.8, 4) is 0 Å². The smallest absolute Gasteiger partial charge is 0.325 e. The van der Waals surface area contributed by atoms with Crippen molar-refractivity contribution < 1.29 is 27.5 Å². The Labute approximate surface area is 164 Å². The summed E-state index contributed by atoms with van der Waals surface area (Å²) in [5.74, 6) is -1.78. The molecule has 9 nitrogen and oxygen atoms in total. The zero-order valence-electron chi connectivity index (χ0n) is 16.1. The highest BCUT2D eigenvalue weighted by Crippen LogP contribution is 2.20. The van der Waals surface area contributed by atoms with E-state index in [1.165, 1.54) is 4.31 Å². The summed E-state index contributed by atoms with van der Waals surface area (Å²) in [5, 5.41) is 4.67. The number of amides is 3. The van der Waals surface area contributed by atoms with Crippen molar-refractivity contribution in [2.24, 2.45) is 5.92 Å². The SMILES string of the molecule is Cc1ccc(NC(=O)NC(=O)COC(=O)C2CCN(S(C)(=O)=O)CC2)c(C)c1. The normalized spacial score (nSPS) is 15.7. The summed E-state index contributed by atoms with van der Waals surface area (Å²) in [5.41, 5.74) is 2.48. The third-order valence-corrected chi connectivity index (χ3v) is 5.79. The quantitative estimate of drug-likeness (QED) is 0.702. The molecule has 2 N–H and O–H groups in total. The number of nitrogens with zero attached hydrogens (tertiary/aromatic N) is 1. The predicted octanol–water partition coefficient (Wildman–Crippen LogP) is 1.17. The number of aryl methyl sites for hydroxylation is 2. The molecule has 1 aromatic carbocycles. The predicted molar refractivity (Wildman–Crippen MR) is 103 cm³/mol. The Balaban J connectivity index is 1.74. The number of piperidine rings is 1. The number of hydrogen-bond donors (Lipinski definition) is 2. The minimum absolute atomic E-state index is 0.239. The second-order valence-electron chi connectivity index (χ2n) is 6.86. The number of urea groups is 1. The highest BCUT2D eigenvalue weighted by atomic mass is 32.2. The molecule has 28 heavy (non-hydrogen) atoms. The van der Waals surface area contributed by atoms with E-state index in [1.807, 2.05) is 26.0 Å². The first-order valence-corrected chi connectivity index (χ1v) is 10.7. The highest BCUT2D eigenvalue weighted by molar-refractivity contribution is 7.88. The topological polar surface area (TPSA) is 122 Å². The van der Waals surface area contributed by atoms with Crippen LogP contribution in [0.2, 0.25) is 0 Å². The highest BCUT2D eigenvalue weighted by Gasteiger charge is 2.30. The van der Waals surface area contributed by atoms with Gasteiger partial charge in [-0.15, -0.1) is 0 Å². The molecule has 0 bridgehead atoms. The standard InChI is InChI=1S/C18H25N3O6S/c1-12-4-5-15(13(2)10-12)19-18(24)20-16(22)11-27-17(23)14-6-8-21(9-7-14)28(3,25)26/h4-5,10,14H,6-9,11H2,1-3H3,(H2,19,20,22,24). The van der Waals surface area contributed by atoms with Crippen molar-refractivity contribution in [2.45, 2.75) is 26.7 Å². The number of carbonyl (C=O) groups excluding carboxylic acids is 3. The molecular weight excluding hydrogens is 386 g/mol. The van der Waals surface area contributed by atoms with Gasteiger partial charge in [0.2, 0.25) is 10.0 Å². The summed E-state index contributed by atoms with van der Waals surface area (Å²) in [6.45, 7) is 3.67. The molecule has 0 radical (unpaired) electrons. The minimum atomic E-state index is -3.27. The van der Waals surface area contributed by atoms with Gasteiger partial charge in [0.1, 0.15) is 0 Å². The van der Waals surface area contributed by atoms with Crippen molar-refractivity contribution >= 4 is 33.6 Å². The molecule has 154 valence electrons. The average Bonchev–Trinajstić information content (AvgIpc) is 2.61. The molecule has 1 saturated heterocycles. The maximum absolute atomic E-state index is 12.0. The van der Waals surface area contributed by atoms with E-state index in [2.05, 4.69) is 10.6 Å². The molecule has 10 heteroatoms. The van der Waals surface area contributed by atoms with E-state index in [4.69, 9.17) is 4.74 Å². The number of hydrogen-bond acceptors (Lipinski definition) is 6. The summed E-state index contributed by atoms with van der Waals surface area (Å²) in [4.78, 5) is 35.7. The Morgan fingerprint density at radius 3 is 2.39 bits per heavy atom. The van der Waals surface area contributed by atoms with Crippen molar-refractivity contribution in [1.29, 1.82) is 0 Å². The summed E-state index contributed by atoms with van der Waals surface area (Å²) in [6, 6.07) is 4.75. The fourth-order valence-electron chi connectivity index (χ4n) is 2.95. The van der Waals surface area contributed by atoms with E-state index in [1.54, 1.807) is 6.07 Å². The lowest BCUT2D eigenvalue weighted by molar-refractivity contribution is -0.153. The average molecular weight is 411 g/mol. The first-order chi connectivity index (χ1) is 13.1. The lowest BCUT2D eigenvalue weighted by Crippen LogP contribution is -2.41. The second-order valence-corrected chi connectivity index (χ2v) is 8.85. The van der Waals surface area contributed by atoms with Gasteiger partial charge in [0.15, 0.2) is 6.61 Å². The van der Waals surface area contributed by atoms with Crippen LogP contribution in [0.4, 0.5) is 10.5 Å². The molecule has 0 unspecified atom stereocenters. The number of nitrogens with one attached hydrogen (secondary N) is 2. The lowest BCUT2D eigenvalue weighted by atomic mass is 9.98. The number of rotatable bonds is 5. The number of esters is 1. The molecule has 0 spiro atoms. The number of carbonyl (C=O) groups is 3.